The summed E-state index contributed by atoms with van der Waals surface area (Å²) in [7, 11) is 0. The Kier molecular flexibility index (Phi) is 4.11. The summed E-state index contributed by atoms with van der Waals surface area (Å²) in [6, 6.07) is 1.71. The third-order valence-corrected chi connectivity index (χ3v) is 2.85. The van der Waals surface area contributed by atoms with Gasteiger partial charge in [-0.3, -0.25) is 9.78 Å². The van der Waals surface area contributed by atoms with E-state index in [1.807, 2.05) is 13.8 Å². The van der Waals surface area contributed by atoms with Crippen LogP contribution in [0.2, 0.25) is 0 Å². The molecule has 1 N–H and O–H groups in total. The summed E-state index contributed by atoms with van der Waals surface area (Å²) >= 11 is 8.97. The van der Waals surface area contributed by atoms with Crippen molar-refractivity contribution in [2.75, 3.05) is 5.88 Å². The van der Waals surface area contributed by atoms with Crippen LogP contribution in [-0.4, -0.2) is 22.3 Å². The topological polar surface area (TPSA) is 42.0 Å². The second kappa shape index (κ2) is 4.94. The standard InChI is InChI=1S/C10H12BrClN2O/c1-10(2,6-12)14-9(15)7-3-8(11)5-13-4-7/h3-5H,6H2,1-2H3,(H,14,15). The predicted octanol–water partition coefficient (Wildman–Crippen LogP) is 2.59. The Bertz CT molecular complexity index is 368. The first-order chi connectivity index (χ1) is 6.94. The molecule has 0 bridgehead atoms. The number of halogens is 2. The number of pyridine rings is 1. The molecule has 0 saturated heterocycles. The first kappa shape index (κ1) is 12.5. The molecular formula is C10H12BrClN2O. The van der Waals surface area contributed by atoms with Crippen LogP contribution in [0.4, 0.5) is 0 Å². The van der Waals surface area contributed by atoms with Crippen molar-refractivity contribution in [2.24, 2.45) is 0 Å². The number of carbonyl (C=O) groups is 1. The van der Waals surface area contributed by atoms with Gasteiger partial charge in [0.1, 0.15) is 0 Å². The van der Waals surface area contributed by atoms with E-state index in [-0.39, 0.29) is 5.91 Å². The van der Waals surface area contributed by atoms with Gasteiger partial charge in [0.15, 0.2) is 0 Å². The Balaban J connectivity index is 2.78. The zero-order chi connectivity index (χ0) is 11.5. The molecular weight excluding hydrogens is 279 g/mol. The molecule has 15 heavy (non-hydrogen) atoms. The highest BCUT2D eigenvalue weighted by Crippen LogP contribution is 2.11. The van der Waals surface area contributed by atoms with E-state index in [9.17, 15) is 4.79 Å². The minimum absolute atomic E-state index is 0.172. The van der Waals surface area contributed by atoms with E-state index < -0.39 is 5.54 Å². The monoisotopic (exact) mass is 290 g/mol. The van der Waals surface area contributed by atoms with Crippen LogP contribution in [0.1, 0.15) is 24.2 Å². The molecule has 82 valence electrons. The molecule has 1 amide bonds. The van der Waals surface area contributed by atoms with E-state index in [0.717, 1.165) is 4.47 Å². The fourth-order valence-corrected chi connectivity index (χ4v) is 1.38. The van der Waals surface area contributed by atoms with Gasteiger partial charge in [-0.15, -0.1) is 11.6 Å². The molecule has 0 aliphatic rings. The lowest BCUT2D eigenvalue weighted by Crippen LogP contribution is -2.44. The van der Waals surface area contributed by atoms with Crippen LogP contribution in [0.3, 0.4) is 0 Å². The number of carbonyl (C=O) groups excluding carboxylic acids is 1. The highest BCUT2D eigenvalue weighted by Gasteiger charge is 2.19. The number of nitrogens with one attached hydrogen (secondary N) is 1. The van der Waals surface area contributed by atoms with E-state index in [1.165, 1.54) is 6.20 Å². The molecule has 0 unspecified atom stereocenters. The maximum Gasteiger partial charge on any atom is 0.253 e. The van der Waals surface area contributed by atoms with Crippen molar-refractivity contribution in [3.63, 3.8) is 0 Å². The van der Waals surface area contributed by atoms with Crippen molar-refractivity contribution in [2.45, 2.75) is 19.4 Å². The van der Waals surface area contributed by atoms with Gasteiger partial charge in [-0.2, -0.15) is 0 Å². The van der Waals surface area contributed by atoms with Gasteiger partial charge in [0.2, 0.25) is 0 Å². The molecule has 0 spiro atoms. The number of aromatic nitrogens is 1. The zero-order valence-corrected chi connectivity index (χ0v) is 10.9. The van der Waals surface area contributed by atoms with Crippen LogP contribution < -0.4 is 5.32 Å². The van der Waals surface area contributed by atoms with E-state index >= 15 is 0 Å². The molecule has 1 aromatic heterocycles. The Hall–Kier alpha value is -0.610. The van der Waals surface area contributed by atoms with Crippen molar-refractivity contribution in [3.8, 4) is 0 Å². The molecule has 0 fully saturated rings. The number of alkyl halides is 1. The van der Waals surface area contributed by atoms with Crippen LogP contribution in [0.5, 0.6) is 0 Å². The van der Waals surface area contributed by atoms with E-state index in [1.54, 1.807) is 12.3 Å². The van der Waals surface area contributed by atoms with Crippen molar-refractivity contribution in [3.05, 3.63) is 28.5 Å². The molecule has 0 saturated carbocycles. The highest BCUT2D eigenvalue weighted by atomic mass is 79.9. The summed E-state index contributed by atoms with van der Waals surface area (Å²) < 4.78 is 0.777. The average molecular weight is 292 g/mol. The van der Waals surface area contributed by atoms with Gasteiger partial charge in [0.05, 0.1) is 5.56 Å². The second-order valence-corrected chi connectivity index (χ2v) is 5.05. The van der Waals surface area contributed by atoms with Crippen LogP contribution >= 0.6 is 27.5 Å². The molecule has 1 aromatic rings. The molecule has 1 heterocycles. The van der Waals surface area contributed by atoms with Gasteiger partial charge in [-0.1, -0.05) is 0 Å². The lowest BCUT2D eigenvalue weighted by atomic mass is 10.1. The summed E-state index contributed by atoms with van der Waals surface area (Å²) in [5.74, 6) is 0.189. The zero-order valence-electron chi connectivity index (χ0n) is 8.55. The summed E-state index contributed by atoms with van der Waals surface area (Å²) in [5.41, 5.74) is 0.101. The van der Waals surface area contributed by atoms with Crippen molar-refractivity contribution >= 4 is 33.4 Å². The van der Waals surface area contributed by atoms with Crippen molar-refractivity contribution in [1.82, 2.24) is 10.3 Å². The minimum Gasteiger partial charge on any atom is -0.346 e. The van der Waals surface area contributed by atoms with Crippen LogP contribution in [0.25, 0.3) is 0 Å². The molecule has 0 aliphatic carbocycles. The lowest BCUT2D eigenvalue weighted by molar-refractivity contribution is 0.0920. The van der Waals surface area contributed by atoms with Crippen LogP contribution in [-0.2, 0) is 0 Å². The number of rotatable bonds is 3. The van der Waals surface area contributed by atoms with Crippen molar-refractivity contribution < 1.29 is 4.79 Å². The SMILES string of the molecule is CC(C)(CCl)NC(=O)c1cncc(Br)c1. The third kappa shape index (κ3) is 3.80. The second-order valence-electron chi connectivity index (χ2n) is 3.86. The molecule has 0 aliphatic heterocycles. The normalized spacial score (nSPS) is 11.2. The minimum atomic E-state index is -0.416. The molecule has 5 heteroatoms. The maximum atomic E-state index is 11.7. The van der Waals surface area contributed by atoms with E-state index in [4.69, 9.17) is 11.6 Å². The highest BCUT2D eigenvalue weighted by molar-refractivity contribution is 9.10. The Morgan fingerprint density at radius 3 is 2.80 bits per heavy atom. The van der Waals surface area contributed by atoms with Gasteiger partial charge >= 0.3 is 0 Å². The number of hydrogen-bond acceptors (Lipinski definition) is 2. The van der Waals surface area contributed by atoms with Gasteiger partial charge in [0.25, 0.3) is 5.91 Å². The maximum absolute atomic E-state index is 11.7. The van der Waals surface area contributed by atoms with Crippen LogP contribution in [0.15, 0.2) is 22.9 Å². The molecule has 0 aromatic carbocycles. The lowest BCUT2D eigenvalue weighted by Gasteiger charge is -2.23. The summed E-state index contributed by atoms with van der Waals surface area (Å²) in [6.45, 7) is 3.73. The molecule has 0 radical (unpaired) electrons. The fraction of sp³-hybridized carbons (Fsp3) is 0.400. The summed E-state index contributed by atoms with van der Waals surface area (Å²) in [6.07, 6.45) is 3.15. The first-order valence-electron chi connectivity index (χ1n) is 4.44. The van der Waals surface area contributed by atoms with Crippen molar-refractivity contribution in [1.29, 1.82) is 0 Å². The van der Waals surface area contributed by atoms with Gasteiger partial charge in [-0.05, 0) is 35.8 Å². The van der Waals surface area contributed by atoms with Gasteiger partial charge in [-0.25, -0.2) is 0 Å². The van der Waals surface area contributed by atoms with Gasteiger partial charge in [0, 0.05) is 28.3 Å². The molecule has 1 rings (SSSR count). The number of nitrogens with zero attached hydrogens (tertiary/aromatic N) is 1. The number of hydrogen-bond donors (Lipinski definition) is 1. The fourth-order valence-electron chi connectivity index (χ4n) is 0.949. The largest absolute Gasteiger partial charge is 0.346 e. The average Bonchev–Trinajstić information content (AvgIpc) is 2.17. The first-order valence-corrected chi connectivity index (χ1v) is 5.76. The quantitative estimate of drug-likeness (QED) is 0.870. The van der Waals surface area contributed by atoms with Crippen LogP contribution in [0, 0.1) is 0 Å². The van der Waals surface area contributed by atoms with E-state index in [0.29, 0.717) is 11.4 Å². The Morgan fingerprint density at radius 2 is 2.27 bits per heavy atom. The predicted molar refractivity (Wildman–Crippen MR) is 64.2 cm³/mol. The molecule has 3 nitrogen and oxygen atoms in total. The summed E-state index contributed by atoms with van der Waals surface area (Å²) in [4.78, 5) is 15.7. The van der Waals surface area contributed by atoms with E-state index in [2.05, 4.69) is 26.2 Å². The molecule has 0 atom stereocenters. The Morgan fingerprint density at radius 1 is 1.60 bits per heavy atom. The third-order valence-electron chi connectivity index (χ3n) is 1.75. The summed E-state index contributed by atoms with van der Waals surface area (Å²) in [5, 5.41) is 2.82. The Labute approximate surface area is 102 Å². The smallest absolute Gasteiger partial charge is 0.253 e. The number of amides is 1. The van der Waals surface area contributed by atoms with Gasteiger partial charge < -0.3 is 5.32 Å².